The van der Waals surface area contributed by atoms with Crippen LogP contribution in [0.3, 0.4) is 0 Å². The van der Waals surface area contributed by atoms with Gasteiger partial charge in [0.2, 0.25) is 0 Å². The number of aromatic nitrogens is 2. The summed E-state index contributed by atoms with van der Waals surface area (Å²) in [7, 11) is 0. The Morgan fingerprint density at radius 2 is 1.77 bits per heavy atom. The molecule has 1 heterocycles. The molecule has 0 saturated carbocycles. The number of hydrogen-bond acceptors (Lipinski definition) is 5. The van der Waals surface area contributed by atoms with Crippen LogP contribution < -0.4 is 21.7 Å². The van der Waals surface area contributed by atoms with Crippen molar-refractivity contribution in [3.63, 3.8) is 0 Å². The molecular weight excluding hydrogens is 407 g/mol. The molecule has 0 fully saturated rings. The first-order valence-corrected chi connectivity index (χ1v) is 9.76. The van der Waals surface area contributed by atoms with E-state index in [0.29, 0.717) is 10.7 Å². The van der Waals surface area contributed by atoms with Crippen LogP contribution in [-0.2, 0) is 12.8 Å². The van der Waals surface area contributed by atoms with Crippen molar-refractivity contribution in [3.05, 3.63) is 76.8 Å². The first-order chi connectivity index (χ1) is 14.5. The van der Waals surface area contributed by atoms with Gasteiger partial charge in [-0.05, 0) is 61.3 Å². The number of benzene rings is 2. The molecule has 5 N–H and O–H groups in total. The van der Waals surface area contributed by atoms with E-state index >= 15 is 0 Å². The zero-order valence-electron chi connectivity index (χ0n) is 16.2. The van der Waals surface area contributed by atoms with E-state index in [-0.39, 0.29) is 17.5 Å². The number of hydrogen-bond donors (Lipinski definition) is 4. The molecule has 156 valence electrons. The number of urea groups is 1. The van der Waals surface area contributed by atoms with Gasteiger partial charge in [0, 0.05) is 10.7 Å². The zero-order chi connectivity index (χ0) is 21.3. The first kappa shape index (κ1) is 21.5. The lowest BCUT2D eigenvalue weighted by molar-refractivity contribution is 0.262. The Balaban J connectivity index is 1.42. The average molecular weight is 429 g/mol. The van der Waals surface area contributed by atoms with Crippen molar-refractivity contribution in [2.75, 3.05) is 29.5 Å². The third-order valence-electron chi connectivity index (χ3n) is 4.30. The second kappa shape index (κ2) is 10.5. The van der Waals surface area contributed by atoms with E-state index < -0.39 is 6.03 Å². The highest BCUT2D eigenvalue weighted by Crippen LogP contribution is 2.21. The molecule has 0 unspecified atom stereocenters. The van der Waals surface area contributed by atoms with Crippen molar-refractivity contribution < 1.29 is 9.18 Å². The van der Waals surface area contributed by atoms with Crippen LogP contribution in [0.2, 0.25) is 5.02 Å². The van der Waals surface area contributed by atoms with Gasteiger partial charge in [-0.25, -0.2) is 19.2 Å². The van der Waals surface area contributed by atoms with E-state index in [2.05, 4.69) is 25.9 Å². The van der Waals surface area contributed by atoms with Gasteiger partial charge in [-0.15, -0.1) is 0 Å². The quantitative estimate of drug-likeness (QED) is 0.408. The van der Waals surface area contributed by atoms with Crippen LogP contribution >= 0.6 is 11.6 Å². The number of carbonyl (C=O) groups is 1. The number of nitrogen functional groups attached to an aromatic ring is 1. The minimum Gasteiger partial charge on any atom is -0.382 e. The van der Waals surface area contributed by atoms with Crippen LogP contribution in [0, 0.1) is 5.82 Å². The van der Waals surface area contributed by atoms with Crippen LogP contribution in [0.5, 0.6) is 0 Å². The molecule has 0 saturated heterocycles. The third-order valence-corrected chi connectivity index (χ3v) is 4.65. The predicted molar refractivity (Wildman–Crippen MR) is 117 cm³/mol. The number of rotatable bonds is 8. The van der Waals surface area contributed by atoms with Gasteiger partial charge in [-0.3, -0.25) is 5.32 Å². The Hall–Kier alpha value is -3.23. The molecule has 1 aromatic heterocycles. The lowest BCUT2D eigenvalue weighted by atomic mass is 10.1. The molecular formula is C21H22ClFN6O. The summed E-state index contributed by atoms with van der Waals surface area (Å²) in [6.45, 7) is 1.54. The highest BCUT2D eigenvalue weighted by molar-refractivity contribution is 6.31. The predicted octanol–water partition coefficient (Wildman–Crippen LogP) is 3.87. The molecule has 0 spiro atoms. The van der Waals surface area contributed by atoms with Crippen molar-refractivity contribution in [1.29, 1.82) is 0 Å². The average Bonchev–Trinajstić information content (AvgIpc) is 2.72. The molecule has 9 heteroatoms. The highest BCUT2D eigenvalue weighted by Gasteiger charge is 2.07. The molecule has 0 atom stereocenters. The van der Waals surface area contributed by atoms with Gasteiger partial charge in [-0.1, -0.05) is 29.8 Å². The van der Waals surface area contributed by atoms with Crippen molar-refractivity contribution in [3.8, 4) is 0 Å². The normalized spacial score (nSPS) is 10.6. The fraction of sp³-hybridized carbons (Fsp3) is 0.190. The van der Waals surface area contributed by atoms with Crippen LogP contribution in [0.25, 0.3) is 0 Å². The van der Waals surface area contributed by atoms with Gasteiger partial charge >= 0.3 is 6.03 Å². The highest BCUT2D eigenvalue weighted by atomic mass is 35.5. The maximum atomic E-state index is 12.9. The number of nitrogens with one attached hydrogen (secondary N) is 3. The van der Waals surface area contributed by atoms with E-state index in [0.717, 1.165) is 37.1 Å². The number of carbonyl (C=O) groups excluding carboxylic acids is 1. The summed E-state index contributed by atoms with van der Waals surface area (Å²) in [5, 5.41) is 9.18. The molecule has 0 aliphatic carbocycles. The van der Waals surface area contributed by atoms with E-state index in [1.54, 1.807) is 24.3 Å². The number of amides is 2. The fourth-order valence-electron chi connectivity index (χ4n) is 2.74. The standard InChI is InChI=1S/C21H22ClFN6O/c22-18-11-17(28-21(30)29-20-13-26-19(24)12-27-20)6-3-15(18)8-10-25-9-7-14-1-4-16(23)5-2-14/h1-6,11-13,25H,7-10H2,(H2,24,26)(H2,27,28,29,30). The van der Waals surface area contributed by atoms with E-state index in [4.69, 9.17) is 17.3 Å². The summed E-state index contributed by atoms with van der Waals surface area (Å²) in [6.07, 6.45) is 4.29. The molecule has 3 rings (SSSR count). The number of halogens is 2. The second-order valence-corrected chi connectivity index (χ2v) is 7.00. The van der Waals surface area contributed by atoms with E-state index in [1.807, 2.05) is 6.07 Å². The van der Waals surface area contributed by atoms with Gasteiger partial charge in [0.15, 0.2) is 5.82 Å². The number of anilines is 3. The third kappa shape index (κ3) is 6.68. The van der Waals surface area contributed by atoms with Gasteiger partial charge in [0.25, 0.3) is 0 Å². The molecule has 0 bridgehead atoms. The van der Waals surface area contributed by atoms with Gasteiger partial charge in [0.1, 0.15) is 11.6 Å². The largest absolute Gasteiger partial charge is 0.382 e. The minimum absolute atomic E-state index is 0.226. The zero-order valence-corrected chi connectivity index (χ0v) is 16.9. The van der Waals surface area contributed by atoms with Crippen LogP contribution in [0.1, 0.15) is 11.1 Å². The summed E-state index contributed by atoms with van der Waals surface area (Å²) in [5.74, 6) is 0.333. The number of nitrogens with zero attached hydrogens (tertiary/aromatic N) is 2. The summed E-state index contributed by atoms with van der Waals surface area (Å²) in [6, 6.07) is 11.4. The Morgan fingerprint density at radius 3 is 2.47 bits per heavy atom. The Bertz CT molecular complexity index is 982. The summed E-state index contributed by atoms with van der Waals surface area (Å²) in [5.41, 5.74) is 8.08. The second-order valence-electron chi connectivity index (χ2n) is 6.59. The monoisotopic (exact) mass is 428 g/mol. The summed E-state index contributed by atoms with van der Waals surface area (Å²) in [4.78, 5) is 19.9. The molecule has 2 amide bonds. The van der Waals surface area contributed by atoms with Crippen LogP contribution in [0.15, 0.2) is 54.9 Å². The van der Waals surface area contributed by atoms with E-state index in [1.165, 1.54) is 24.5 Å². The SMILES string of the molecule is Nc1cnc(NC(=O)Nc2ccc(CCNCCc3ccc(F)cc3)c(Cl)c2)cn1. The smallest absolute Gasteiger partial charge is 0.324 e. The minimum atomic E-state index is -0.458. The van der Waals surface area contributed by atoms with Crippen LogP contribution in [-0.4, -0.2) is 29.1 Å². The van der Waals surface area contributed by atoms with Gasteiger partial charge < -0.3 is 16.4 Å². The van der Waals surface area contributed by atoms with Crippen molar-refractivity contribution in [2.45, 2.75) is 12.8 Å². The Kier molecular flexibility index (Phi) is 7.53. The molecule has 0 aliphatic rings. The Morgan fingerprint density at radius 1 is 1.00 bits per heavy atom. The first-order valence-electron chi connectivity index (χ1n) is 9.39. The maximum Gasteiger partial charge on any atom is 0.324 e. The molecule has 0 aliphatic heterocycles. The van der Waals surface area contributed by atoms with Crippen LogP contribution in [0.4, 0.5) is 26.5 Å². The molecule has 30 heavy (non-hydrogen) atoms. The van der Waals surface area contributed by atoms with Gasteiger partial charge in [-0.2, -0.15) is 0 Å². The topological polar surface area (TPSA) is 105 Å². The lowest BCUT2D eigenvalue weighted by Gasteiger charge is -2.10. The number of nitrogens with two attached hydrogens (primary N) is 1. The molecule has 7 nitrogen and oxygen atoms in total. The van der Waals surface area contributed by atoms with Crippen molar-refractivity contribution in [1.82, 2.24) is 15.3 Å². The van der Waals surface area contributed by atoms with Gasteiger partial charge in [0.05, 0.1) is 12.4 Å². The molecule has 3 aromatic rings. The maximum absolute atomic E-state index is 12.9. The van der Waals surface area contributed by atoms with E-state index in [9.17, 15) is 9.18 Å². The van der Waals surface area contributed by atoms with Crippen molar-refractivity contribution >= 4 is 35.0 Å². The molecule has 0 radical (unpaired) electrons. The lowest BCUT2D eigenvalue weighted by Crippen LogP contribution is -2.21. The summed E-state index contributed by atoms with van der Waals surface area (Å²) >= 11 is 6.34. The molecule has 2 aromatic carbocycles. The summed E-state index contributed by atoms with van der Waals surface area (Å²) < 4.78 is 12.9. The fourth-order valence-corrected chi connectivity index (χ4v) is 3.02. The Labute approximate surface area is 178 Å². The van der Waals surface area contributed by atoms with Crippen molar-refractivity contribution in [2.24, 2.45) is 0 Å².